The Morgan fingerprint density at radius 2 is 1.92 bits per heavy atom. The lowest BCUT2D eigenvalue weighted by atomic mass is 9.72. The first-order valence-electron chi connectivity index (χ1n) is 8.85. The van der Waals surface area contributed by atoms with E-state index in [0.717, 1.165) is 25.7 Å². The second-order valence-corrected chi connectivity index (χ2v) is 9.82. The largest absolute Gasteiger partial charge is 0.459 e. The summed E-state index contributed by atoms with van der Waals surface area (Å²) in [6.45, 7) is 7.05. The van der Waals surface area contributed by atoms with Crippen molar-refractivity contribution in [3.63, 3.8) is 0 Å². The highest BCUT2D eigenvalue weighted by Gasteiger charge is 2.34. The maximum absolute atomic E-state index is 12.6. The van der Waals surface area contributed by atoms with Gasteiger partial charge in [-0.2, -0.15) is 0 Å². The normalized spacial score (nSPS) is 28.7. The lowest BCUT2D eigenvalue weighted by Crippen LogP contribution is -2.41. The molecule has 0 aromatic carbocycles. The number of nitrogens with zero attached hydrogens (tertiary/aromatic N) is 2. The van der Waals surface area contributed by atoms with Crippen LogP contribution in [-0.2, 0) is 19.6 Å². The zero-order valence-corrected chi connectivity index (χ0v) is 15.9. The van der Waals surface area contributed by atoms with Crippen molar-refractivity contribution in [1.29, 1.82) is 0 Å². The molecule has 3 aliphatic rings. The number of carbonyl (C=O) groups excluding carboxylic acids is 1. The molecule has 0 amide bonds. The van der Waals surface area contributed by atoms with Gasteiger partial charge < -0.3 is 9.64 Å². The Bertz CT molecular complexity index is 736. The van der Waals surface area contributed by atoms with Crippen molar-refractivity contribution >= 4 is 21.8 Å². The number of carbonyl (C=O) groups is 1. The van der Waals surface area contributed by atoms with Crippen molar-refractivity contribution in [1.82, 2.24) is 4.90 Å². The number of ether oxygens (including phenoxy) is 1. The molecule has 0 saturated heterocycles. The molecule has 1 fully saturated rings. The molecule has 0 N–H and O–H groups in total. The molecule has 2 aliphatic heterocycles. The molecular weight excluding hydrogens is 340 g/mol. The molecule has 0 radical (unpaired) electrons. The van der Waals surface area contributed by atoms with E-state index in [1.165, 1.54) is 0 Å². The molecule has 1 aliphatic carbocycles. The molecule has 3 rings (SSSR count). The van der Waals surface area contributed by atoms with Gasteiger partial charge in [-0.25, -0.2) is 13.2 Å². The summed E-state index contributed by atoms with van der Waals surface area (Å²) in [7, 11) is -3.51. The highest BCUT2D eigenvalue weighted by atomic mass is 32.2. The number of fused-ring (bicyclic) bond motifs is 1. The fraction of sp³-hybridized carbons (Fsp3) is 0.667. The predicted octanol–water partition coefficient (Wildman–Crippen LogP) is 2.63. The zero-order chi connectivity index (χ0) is 18.2. The van der Waals surface area contributed by atoms with E-state index in [9.17, 15) is 13.2 Å². The van der Waals surface area contributed by atoms with Gasteiger partial charge >= 0.3 is 5.97 Å². The van der Waals surface area contributed by atoms with Crippen LogP contribution in [0.25, 0.3) is 0 Å². The number of allylic oxidation sites excluding steroid dienone is 2. The van der Waals surface area contributed by atoms with Crippen molar-refractivity contribution in [3.8, 4) is 0 Å². The molecule has 6 nitrogen and oxygen atoms in total. The van der Waals surface area contributed by atoms with Gasteiger partial charge in [-0.3, -0.25) is 0 Å². The average Bonchev–Trinajstić information content (AvgIpc) is 2.53. The minimum absolute atomic E-state index is 0.0417. The molecule has 0 spiro atoms. The SMILES string of the molecule is CC(C)(C)C1CCC(OC(=O)C2=CC=CN3CCS(=O)(=O)N=C23)CC1. The number of sulfonamides is 1. The quantitative estimate of drug-likeness (QED) is 0.702. The maximum Gasteiger partial charge on any atom is 0.342 e. The van der Waals surface area contributed by atoms with Gasteiger partial charge in [0.2, 0.25) is 0 Å². The van der Waals surface area contributed by atoms with Crippen molar-refractivity contribution in [2.75, 3.05) is 12.3 Å². The third kappa shape index (κ3) is 4.14. The van der Waals surface area contributed by atoms with Gasteiger partial charge in [0.05, 0.1) is 5.75 Å². The van der Waals surface area contributed by atoms with Gasteiger partial charge in [0, 0.05) is 12.7 Å². The van der Waals surface area contributed by atoms with Crippen LogP contribution in [0.2, 0.25) is 0 Å². The van der Waals surface area contributed by atoms with E-state index in [0.29, 0.717) is 12.5 Å². The molecule has 0 atom stereocenters. The van der Waals surface area contributed by atoms with Gasteiger partial charge in [0.25, 0.3) is 10.0 Å². The smallest absolute Gasteiger partial charge is 0.342 e. The van der Waals surface area contributed by atoms with Crippen LogP contribution in [0, 0.1) is 11.3 Å². The van der Waals surface area contributed by atoms with Crippen LogP contribution in [0.5, 0.6) is 0 Å². The van der Waals surface area contributed by atoms with Crippen LogP contribution < -0.4 is 0 Å². The van der Waals surface area contributed by atoms with E-state index >= 15 is 0 Å². The maximum atomic E-state index is 12.6. The Hall–Kier alpha value is -1.63. The summed E-state index contributed by atoms with van der Waals surface area (Å²) in [6, 6.07) is 0. The van der Waals surface area contributed by atoms with Crippen LogP contribution in [-0.4, -0.2) is 43.5 Å². The first-order valence-corrected chi connectivity index (χ1v) is 10.5. The van der Waals surface area contributed by atoms with E-state index in [1.54, 1.807) is 23.3 Å². The molecule has 138 valence electrons. The fourth-order valence-corrected chi connectivity index (χ4v) is 4.62. The predicted molar refractivity (Wildman–Crippen MR) is 96.4 cm³/mol. The van der Waals surface area contributed by atoms with Gasteiger partial charge in [-0.15, -0.1) is 4.40 Å². The fourth-order valence-electron chi connectivity index (χ4n) is 3.64. The second kappa shape index (κ2) is 6.59. The zero-order valence-electron chi connectivity index (χ0n) is 15.1. The number of esters is 1. The van der Waals surface area contributed by atoms with E-state index in [4.69, 9.17) is 4.74 Å². The molecule has 7 heteroatoms. The standard InChI is InChI=1S/C18H26N2O4S/c1-18(2,3)13-6-8-14(9-7-13)24-17(21)15-5-4-10-20-11-12-25(22,23)19-16(15)20/h4-5,10,13-14H,6-9,11-12H2,1-3H3. The summed E-state index contributed by atoms with van der Waals surface area (Å²) < 4.78 is 33.0. The molecule has 0 unspecified atom stereocenters. The summed E-state index contributed by atoms with van der Waals surface area (Å²) in [5.74, 6) is 0.300. The van der Waals surface area contributed by atoms with Gasteiger partial charge in [-0.05, 0) is 49.2 Å². The topological polar surface area (TPSA) is 76.0 Å². The third-order valence-corrected chi connectivity index (χ3v) is 6.40. The van der Waals surface area contributed by atoms with Crippen LogP contribution in [0.15, 0.2) is 28.3 Å². The first-order chi connectivity index (χ1) is 11.7. The molecule has 0 bridgehead atoms. The monoisotopic (exact) mass is 366 g/mol. The van der Waals surface area contributed by atoms with Gasteiger partial charge in [0.15, 0.2) is 5.84 Å². The van der Waals surface area contributed by atoms with Crippen molar-refractivity contribution in [2.45, 2.75) is 52.6 Å². The number of hydrogen-bond acceptors (Lipinski definition) is 5. The van der Waals surface area contributed by atoms with Crippen molar-refractivity contribution in [3.05, 3.63) is 23.9 Å². The summed E-state index contributed by atoms with van der Waals surface area (Å²) in [4.78, 5) is 14.3. The van der Waals surface area contributed by atoms with Crippen LogP contribution in [0.3, 0.4) is 0 Å². The van der Waals surface area contributed by atoms with Gasteiger partial charge in [-0.1, -0.05) is 20.8 Å². The Morgan fingerprint density at radius 1 is 1.24 bits per heavy atom. The summed E-state index contributed by atoms with van der Waals surface area (Å²) in [5, 5.41) is 0. The van der Waals surface area contributed by atoms with Crippen LogP contribution >= 0.6 is 0 Å². The van der Waals surface area contributed by atoms with Gasteiger partial charge in [0.1, 0.15) is 11.7 Å². The Labute approximate surface area is 149 Å². The minimum atomic E-state index is -3.51. The van der Waals surface area contributed by atoms with E-state index in [2.05, 4.69) is 25.2 Å². The Morgan fingerprint density at radius 3 is 2.56 bits per heavy atom. The third-order valence-electron chi connectivity index (χ3n) is 5.25. The van der Waals surface area contributed by atoms with Crippen molar-refractivity contribution in [2.24, 2.45) is 15.7 Å². The number of hydrogen-bond donors (Lipinski definition) is 0. The van der Waals surface area contributed by atoms with Crippen LogP contribution in [0.4, 0.5) is 0 Å². The number of amidine groups is 1. The minimum Gasteiger partial charge on any atom is -0.459 e. The molecule has 2 heterocycles. The van der Waals surface area contributed by atoms with Crippen molar-refractivity contribution < 1.29 is 17.9 Å². The highest BCUT2D eigenvalue weighted by Crippen LogP contribution is 2.38. The molecule has 0 aromatic rings. The molecule has 25 heavy (non-hydrogen) atoms. The van der Waals surface area contributed by atoms with E-state index in [-0.39, 0.29) is 28.7 Å². The van der Waals surface area contributed by atoms with E-state index < -0.39 is 16.0 Å². The highest BCUT2D eigenvalue weighted by molar-refractivity contribution is 7.90. The molecular formula is C18H26N2O4S. The summed E-state index contributed by atoms with van der Waals surface area (Å²) >= 11 is 0. The van der Waals surface area contributed by atoms with Crippen LogP contribution in [0.1, 0.15) is 46.5 Å². The Balaban J connectivity index is 1.67. The lowest BCUT2D eigenvalue weighted by Gasteiger charge is -2.37. The number of rotatable bonds is 2. The molecule has 1 saturated carbocycles. The summed E-state index contributed by atoms with van der Waals surface area (Å²) in [5.41, 5.74) is 0.501. The van der Waals surface area contributed by atoms with E-state index in [1.807, 2.05) is 0 Å². The lowest BCUT2D eigenvalue weighted by molar-refractivity contribution is -0.146. The Kier molecular flexibility index (Phi) is 4.79. The average molecular weight is 366 g/mol. The molecule has 0 aromatic heterocycles. The first kappa shape index (κ1) is 18.2. The second-order valence-electron chi connectivity index (χ2n) is 8.06. The summed E-state index contributed by atoms with van der Waals surface area (Å²) in [6.07, 6.45) is 8.73.